The maximum absolute atomic E-state index is 5.93. The summed E-state index contributed by atoms with van der Waals surface area (Å²) in [5.74, 6) is 1.31. The highest BCUT2D eigenvalue weighted by atomic mass is 28.3. The van der Waals surface area contributed by atoms with Crippen molar-refractivity contribution in [2.24, 2.45) is 0 Å². The van der Waals surface area contributed by atoms with E-state index in [0.717, 1.165) is 22.6 Å². The topological polar surface area (TPSA) is 97.3 Å². The van der Waals surface area contributed by atoms with Gasteiger partial charge in [0.25, 0.3) is 0 Å². The molecule has 0 atom stereocenters. The quantitative estimate of drug-likeness (QED) is 0.456. The van der Waals surface area contributed by atoms with E-state index in [-0.39, 0.29) is 0 Å². The monoisotopic (exact) mass is 401 g/mol. The summed E-state index contributed by atoms with van der Waals surface area (Å²) in [6, 6.07) is 4.80. The first-order chi connectivity index (χ1) is 13.3. The van der Waals surface area contributed by atoms with Gasteiger partial charge in [-0.15, -0.1) is 0 Å². The molecule has 2 N–H and O–H groups in total. The summed E-state index contributed by atoms with van der Waals surface area (Å²) >= 11 is 0. The smallest absolute Gasteiger partial charge is 0.228 e. The van der Waals surface area contributed by atoms with Gasteiger partial charge in [-0.25, -0.2) is 15.0 Å². The van der Waals surface area contributed by atoms with Crippen molar-refractivity contribution in [3.63, 3.8) is 0 Å². The van der Waals surface area contributed by atoms with Crippen LogP contribution in [0.15, 0.2) is 24.7 Å². The summed E-state index contributed by atoms with van der Waals surface area (Å²) in [6.45, 7) is 8.09. The summed E-state index contributed by atoms with van der Waals surface area (Å²) in [7, 11) is 1.99. The Morgan fingerprint density at radius 1 is 1.07 bits per heavy atom. The molecule has 0 aliphatic heterocycles. The first kappa shape index (κ1) is 20.1. The van der Waals surface area contributed by atoms with Crippen molar-refractivity contribution < 1.29 is 14.2 Å². The highest BCUT2D eigenvalue weighted by Crippen LogP contribution is 2.39. The number of nitrogens with zero attached hydrogens (tertiary/aromatic N) is 4. The number of ether oxygens (including phenoxy) is 3. The van der Waals surface area contributed by atoms with Gasteiger partial charge in [0.05, 0.1) is 14.2 Å². The zero-order chi connectivity index (χ0) is 20.3. The fourth-order valence-corrected chi connectivity index (χ4v) is 3.67. The van der Waals surface area contributed by atoms with Crippen molar-refractivity contribution in [1.29, 1.82) is 0 Å². The SMILES string of the molecule is COc1ncnc(OC)c1-c1cn(COCC[Si](C)(C)C)c2nc(N)ccc12. The van der Waals surface area contributed by atoms with Gasteiger partial charge in [0.1, 0.15) is 30.1 Å². The lowest BCUT2D eigenvalue weighted by molar-refractivity contribution is 0.0899. The molecule has 28 heavy (non-hydrogen) atoms. The second kappa shape index (κ2) is 8.15. The van der Waals surface area contributed by atoms with E-state index < -0.39 is 8.07 Å². The molecule has 3 heterocycles. The minimum Gasteiger partial charge on any atom is -0.480 e. The maximum Gasteiger partial charge on any atom is 0.228 e. The zero-order valence-electron chi connectivity index (χ0n) is 17.0. The number of rotatable bonds is 8. The summed E-state index contributed by atoms with van der Waals surface area (Å²) in [4.78, 5) is 13.0. The molecule has 0 saturated heterocycles. The number of nitrogens with two attached hydrogens (primary N) is 1. The summed E-state index contributed by atoms with van der Waals surface area (Å²) in [5, 5.41) is 0.898. The number of hydrogen-bond acceptors (Lipinski definition) is 7. The van der Waals surface area contributed by atoms with Crippen LogP contribution in [0.25, 0.3) is 22.2 Å². The minimum atomic E-state index is -1.15. The van der Waals surface area contributed by atoms with Gasteiger partial charge in [0.15, 0.2) is 0 Å². The largest absolute Gasteiger partial charge is 0.480 e. The Kier molecular flexibility index (Phi) is 5.85. The third-order valence-corrected chi connectivity index (χ3v) is 6.11. The zero-order valence-corrected chi connectivity index (χ0v) is 18.0. The van der Waals surface area contributed by atoms with Crippen LogP contribution < -0.4 is 15.2 Å². The predicted molar refractivity (Wildman–Crippen MR) is 112 cm³/mol. The lowest BCUT2D eigenvalue weighted by Gasteiger charge is -2.15. The van der Waals surface area contributed by atoms with Crippen molar-refractivity contribution in [3.8, 4) is 22.9 Å². The second-order valence-corrected chi connectivity index (χ2v) is 13.4. The number of fused-ring (bicyclic) bond motifs is 1. The Morgan fingerprint density at radius 2 is 1.75 bits per heavy atom. The Balaban J connectivity index is 2.03. The van der Waals surface area contributed by atoms with Crippen LogP contribution in [-0.4, -0.2) is 48.4 Å². The Bertz CT molecular complexity index is 946. The Labute approximate surface area is 165 Å². The number of hydrogen-bond donors (Lipinski definition) is 1. The molecule has 0 aliphatic carbocycles. The molecule has 9 heteroatoms. The average molecular weight is 402 g/mol. The molecule has 0 saturated carbocycles. The van der Waals surface area contributed by atoms with Crippen LogP contribution in [0.5, 0.6) is 11.8 Å². The van der Waals surface area contributed by atoms with Crippen LogP contribution in [0.4, 0.5) is 5.82 Å². The van der Waals surface area contributed by atoms with Crippen molar-refractivity contribution >= 4 is 24.9 Å². The van der Waals surface area contributed by atoms with E-state index in [0.29, 0.717) is 36.5 Å². The molecule has 8 nitrogen and oxygen atoms in total. The standard InChI is InChI=1S/C19H27N5O3Si/c1-25-18-16(19(26-2)22-11-21-18)14-10-24(12-27-8-9-28(3,4)5)17-13(14)6-7-15(20)23-17/h6-7,10-11H,8-9,12H2,1-5H3,(H2,20,23). The second-order valence-electron chi connectivity index (χ2n) is 7.74. The number of methoxy groups -OCH3 is 2. The molecule has 0 fully saturated rings. The molecule has 3 rings (SSSR count). The van der Waals surface area contributed by atoms with Gasteiger partial charge < -0.3 is 24.5 Å². The van der Waals surface area contributed by atoms with Crippen LogP contribution in [0.1, 0.15) is 0 Å². The summed E-state index contributed by atoms with van der Waals surface area (Å²) in [5.41, 5.74) is 8.19. The fourth-order valence-electron chi connectivity index (χ4n) is 2.91. The van der Waals surface area contributed by atoms with Crippen molar-refractivity contribution in [1.82, 2.24) is 19.5 Å². The van der Waals surface area contributed by atoms with Gasteiger partial charge in [-0.1, -0.05) is 19.6 Å². The molecule has 0 aliphatic rings. The number of nitrogen functional groups attached to an aromatic ring is 1. The van der Waals surface area contributed by atoms with Crippen LogP contribution in [0.2, 0.25) is 25.7 Å². The van der Waals surface area contributed by atoms with Crippen LogP contribution >= 0.6 is 0 Å². The fraction of sp³-hybridized carbons (Fsp3) is 0.421. The first-order valence-electron chi connectivity index (χ1n) is 9.10. The van der Waals surface area contributed by atoms with Gasteiger partial charge >= 0.3 is 0 Å². The normalized spacial score (nSPS) is 11.8. The third-order valence-electron chi connectivity index (χ3n) is 4.40. The molecular weight excluding hydrogens is 374 g/mol. The predicted octanol–water partition coefficient (Wildman–Crippen LogP) is 3.41. The van der Waals surface area contributed by atoms with E-state index in [2.05, 4.69) is 34.6 Å². The van der Waals surface area contributed by atoms with Crippen LogP contribution in [0, 0.1) is 0 Å². The van der Waals surface area contributed by atoms with E-state index in [1.54, 1.807) is 20.3 Å². The van der Waals surface area contributed by atoms with E-state index in [9.17, 15) is 0 Å². The summed E-state index contributed by atoms with van der Waals surface area (Å²) < 4.78 is 18.8. The molecule has 150 valence electrons. The van der Waals surface area contributed by atoms with Crippen molar-refractivity contribution in [3.05, 3.63) is 24.7 Å². The molecular formula is C19H27N5O3Si. The number of aromatic nitrogens is 4. The lowest BCUT2D eigenvalue weighted by Crippen LogP contribution is -2.22. The Hall–Kier alpha value is -2.65. The van der Waals surface area contributed by atoms with E-state index >= 15 is 0 Å². The molecule has 0 unspecified atom stereocenters. The Morgan fingerprint density at radius 3 is 2.36 bits per heavy atom. The third kappa shape index (κ3) is 4.25. The molecule has 0 radical (unpaired) electrons. The molecule has 3 aromatic rings. The van der Waals surface area contributed by atoms with Gasteiger partial charge in [0, 0.05) is 31.8 Å². The van der Waals surface area contributed by atoms with Gasteiger partial charge in [-0.05, 0) is 18.2 Å². The van der Waals surface area contributed by atoms with Gasteiger partial charge in [-0.2, -0.15) is 0 Å². The molecule has 3 aromatic heterocycles. The molecule has 0 spiro atoms. The van der Waals surface area contributed by atoms with E-state index in [1.807, 2.05) is 16.8 Å². The van der Waals surface area contributed by atoms with Gasteiger partial charge in [0.2, 0.25) is 11.8 Å². The van der Waals surface area contributed by atoms with E-state index in [1.165, 1.54) is 6.33 Å². The van der Waals surface area contributed by atoms with Gasteiger partial charge in [-0.3, -0.25) is 0 Å². The highest BCUT2D eigenvalue weighted by molar-refractivity contribution is 6.76. The number of pyridine rings is 1. The summed E-state index contributed by atoms with van der Waals surface area (Å²) in [6.07, 6.45) is 3.37. The first-order valence-corrected chi connectivity index (χ1v) is 12.8. The van der Waals surface area contributed by atoms with Crippen LogP contribution in [-0.2, 0) is 11.5 Å². The molecule has 0 bridgehead atoms. The maximum atomic E-state index is 5.93. The lowest BCUT2D eigenvalue weighted by atomic mass is 10.1. The average Bonchev–Trinajstić information content (AvgIpc) is 3.01. The minimum absolute atomic E-state index is 0.385. The van der Waals surface area contributed by atoms with Crippen LogP contribution in [0.3, 0.4) is 0 Å². The molecule has 0 aromatic carbocycles. The van der Waals surface area contributed by atoms with Crippen molar-refractivity contribution in [2.75, 3.05) is 26.6 Å². The van der Waals surface area contributed by atoms with Crippen molar-refractivity contribution in [2.45, 2.75) is 32.4 Å². The number of anilines is 1. The highest BCUT2D eigenvalue weighted by Gasteiger charge is 2.21. The molecule has 0 amide bonds. The van der Waals surface area contributed by atoms with E-state index in [4.69, 9.17) is 19.9 Å².